The predicted octanol–water partition coefficient (Wildman–Crippen LogP) is 12.4. The largest absolute Gasteiger partial charge is 0.458 e. The number of hydrogen-bond donors (Lipinski definition) is 0. The van der Waals surface area contributed by atoms with Crippen LogP contribution in [0.2, 0.25) is 0 Å². The van der Waals surface area contributed by atoms with Crippen LogP contribution in [0.3, 0.4) is 0 Å². The summed E-state index contributed by atoms with van der Waals surface area (Å²) in [5, 5.41) is 0. The van der Waals surface area contributed by atoms with E-state index in [4.69, 9.17) is 9.47 Å². The summed E-state index contributed by atoms with van der Waals surface area (Å²) in [5.74, 6) is 3.46. The van der Waals surface area contributed by atoms with Crippen LogP contribution in [0.4, 0.5) is 34.1 Å². The molecule has 0 radical (unpaired) electrons. The molecule has 0 amide bonds. The molecule has 0 bridgehead atoms. The van der Waals surface area contributed by atoms with Gasteiger partial charge in [0.05, 0.1) is 0 Å². The zero-order valence-electron chi connectivity index (χ0n) is 39.3. The average molecular weight is 877 g/mol. The van der Waals surface area contributed by atoms with Gasteiger partial charge in [0, 0.05) is 40.2 Å². The molecular weight excluding hydrogens is 826 g/mol. The van der Waals surface area contributed by atoms with E-state index in [9.17, 15) is 0 Å². The fraction of sp³-hybridized carbons (Fsp3) is 0.129. The summed E-state index contributed by atoms with van der Waals surface area (Å²) in [4.78, 5) is 4.94. The van der Waals surface area contributed by atoms with Crippen molar-refractivity contribution >= 4 is 80.3 Å². The van der Waals surface area contributed by atoms with Crippen LogP contribution in [0.25, 0.3) is 22.3 Å². The molecule has 0 saturated heterocycles. The summed E-state index contributed by atoms with van der Waals surface area (Å²) in [6.07, 6.45) is 0. The number of anilines is 6. The highest BCUT2D eigenvalue weighted by atomic mass is 16.5. The van der Waals surface area contributed by atoms with Crippen molar-refractivity contribution in [3.05, 3.63) is 205 Å². The van der Waals surface area contributed by atoms with Crippen LogP contribution in [0, 0.1) is 0 Å². The lowest BCUT2D eigenvalue weighted by Crippen LogP contribution is -2.63. The second-order valence-corrected chi connectivity index (χ2v) is 20.9. The molecule has 0 unspecified atom stereocenters. The molecule has 0 aromatic heterocycles. The van der Waals surface area contributed by atoms with Gasteiger partial charge in [-0.2, -0.15) is 0 Å². The van der Waals surface area contributed by atoms with Gasteiger partial charge in [-0.15, -0.1) is 0 Å². The Labute approximate surface area is 400 Å². The Morgan fingerprint density at radius 1 is 0.324 bits per heavy atom. The second-order valence-electron chi connectivity index (χ2n) is 20.9. The molecule has 4 aliphatic rings. The third-order valence-corrected chi connectivity index (χ3v) is 14.6. The Hall–Kier alpha value is -7.69. The van der Waals surface area contributed by atoms with Crippen LogP contribution in [0.5, 0.6) is 23.0 Å². The van der Waals surface area contributed by atoms with Crippen molar-refractivity contribution in [2.24, 2.45) is 0 Å². The van der Waals surface area contributed by atoms with Gasteiger partial charge in [-0.1, -0.05) is 169 Å². The minimum absolute atomic E-state index is 0.101. The number of benzene rings is 9. The molecule has 13 rings (SSSR count). The number of para-hydroxylation sites is 2. The first-order valence-corrected chi connectivity index (χ1v) is 24.0. The third kappa shape index (κ3) is 6.30. The van der Waals surface area contributed by atoms with Gasteiger partial charge >= 0.3 is 0 Å². The lowest BCUT2D eigenvalue weighted by molar-refractivity contribution is 0.462. The van der Waals surface area contributed by atoms with Gasteiger partial charge in [0.15, 0.2) is 0 Å². The molecular formula is C62H50B2N2O2. The molecule has 0 saturated carbocycles. The van der Waals surface area contributed by atoms with Crippen LogP contribution in [0.15, 0.2) is 194 Å². The zero-order valence-corrected chi connectivity index (χ0v) is 39.3. The summed E-state index contributed by atoms with van der Waals surface area (Å²) in [7, 11) is 0. The third-order valence-electron chi connectivity index (χ3n) is 14.6. The highest BCUT2D eigenvalue weighted by Gasteiger charge is 2.47. The minimum atomic E-state index is -0.132. The van der Waals surface area contributed by atoms with E-state index in [1.165, 1.54) is 66.6 Å². The molecule has 9 aromatic rings. The normalized spacial score (nSPS) is 13.9. The first-order chi connectivity index (χ1) is 33.0. The Balaban J connectivity index is 1.08. The monoisotopic (exact) mass is 876 g/mol. The highest BCUT2D eigenvalue weighted by Crippen LogP contribution is 2.47. The van der Waals surface area contributed by atoms with Gasteiger partial charge in [0.25, 0.3) is 13.4 Å². The molecule has 326 valence electrons. The van der Waals surface area contributed by atoms with Crippen molar-refractivity contribution in [2.75, 3.05) is 9.80 Å². The Morgan fingerprint density at radius 3 is 1.09 bits per heavy atom. The van der Waals surface area contributed by atoms with E-state index in [-0.39, 0.29) is 24.3 Å². The molecule has 6 heteroatoms. The topological polar surface area (TPSA) is 24.9 Å². The van der Waals surface area contributed by atoms with E-state index < -0.39 is 0 Å². The van der Waals surface area contributed by atoms with E-state index in [0.717, 1.165) is 56.7 Å². The predicted molar refractivity (Wildman–Crippen MR) is 286 cm³/mol. The number of rotatable bonds is 4. The summed E-state index contributed by atoms with van der Waals surface area (Å²) in [6.45, 7) is 13.5. The smallest absolute Gasteiger partial charge is 0.256 e. The molecule has 0 fully saturated rings. The van der Waals surface area contributed by atoms with Crippen molar-refractivity contribution in [2.45, 2.75) is 52.4 Å². The van der Waals surface area contributed by atoms with Crippen LogP contribution < -0.4 is 52.1 Å². The Morgan fingerprint density at radius 2 is 0.706 bits per heavy atom. The maximum absolute atomic E-state index is 7.29. The van der Waals surface area contributed by atoms with Crippen molar-refractivity contribution in [3.63, 3.8) is 0 Å². The molecule has 4 heterocycles. The fourth-order valence-electron chi connectivity index (χ4n) is 11.2. The maximum atomic E-state index is 7.29. The number of hydrogen-bond acceptors (Lipinski definition) is 4. The number of ether oxygens (including phenoxy) is 2. The quantitative estimate of drug-likeness (QED) is 0.165. The average Bonchev–Trinajstić information content (AvgIpc) is 3.35. The van der Waals surface area contributed by atoms with Crippen LogP contribution in [-0.4, -0.2) is 13.4 Å². The molecule has 4 aliphatic heterocycles. The van der Waals surface area contributed by atoms with Gasteiger partial charge < -0.3 is 19.3 Å². The first-order valence-electron chi connectivity index (χ1n) is 24.0. The van der Waals surface area contributed by atoms with E-state index in [0.29, 0.717) is 0 Å². The van der Waals surface area contributed by atoms with Crippen molar-refractivity contribution in [3.8, 4) is 45.3 Å². The Bertz CT molecular complexity index is 3260. The van der Waals surface area contributed by atoms with Crippen LogP contribution >= 0.6 is 0 Å². The summed E-state index contributed by atoms with van der Waals surface area (Å²) >= 11 is 0. The summed E-state index contributed by atoms with van der Waals surface area (Å²) in [5.41, 5.74) is 21.0. The van der Waals surface area contributed by atoms with E-state index in [2.05, 4.69) is 245 Å². The maximum Gasteiger partial charge on any atom is 0.256 e. The SMILES string of the molecule is CC(C)(C)c1cc2c3c(c1)N(c1ccccc1)c1cc(-c4ccccc4)ccc1B3c1cc3c(cc1O2)Oc1cc(C(C)(C)C)cc2c1B3c1ccc(-c3ccccc3)cc1N2c1ccccc1. The summed E-state index contributed by atoms with van der Waals surface area (Å²) < 4.78 is 14.6. The van der Waals surface area contributed by atoms with Gasteiger partial charge in [0.2, 0.25) is 0 Å². The van der Waals surface area contributed by atoms with Crippen LogP contribution in [0.1, 0.15) is 52.7 Å². The molecule has 0 atom stereocenters. The molecule has 0 aliphatic carbocycles. The van der Waals surface area contributed by atoms with E-state index in [1.54, 1.807) is 0 Å². The Kier molecular flexibility index (Phi) is 8.89. The van der Waals surface area contributed by atoms with Gasteiger partial charge in [-0.05, 0) is 138 Å². The van der Waals surface area contributed by atoms with Gasteiger partial charge in [-0.3, -0.25) is 0 Å². The fourth-order valence-corrected chi connectivity index (χ4v) is 11.2. The second kappa shape index (κ2) is 14.9. The lowest BCUT2D eigenvalue weighted by Gasteiger charge is -2.43. The van der Waals surface area contributed by atoms with Gasteiger partial charge in [-0.25, -0.2) is 0 Å². The standard InChI is InChI=1S/C62H50B2N2O2/c1-61(2,3)43-33-53-59-57(35-43)67-55-38-56-50(37-49(55)63(59)47-29-27-41(39-19-11-7-12-20-39)31-51(47)65(53)45-23-15-9-16-24-45)64-48-30-28-42(40-21-13-8-14-22-40)32-52(48)66(46-25-17-10-18-26-46)54-34-44(62(4,5)6)36-58(68-56)60(54)64/h7-38H,1-6H3. The van der Waals surface area contributed by atoms with Gasteiger partial charge in [0.1, 0.15) is 23.0 Å². The molecule has 0 spiro atoms. The van der Waals surface area contributed by atoms with Crippen molar-refractivity contribution in [1.82, 2.24) is 0 Å². The zero-order chi connectivity index (χ0) is 46.1. The molecule has 68 heavy (non-hydrogen) atoms. The van der Waals surface area contributed by atoms with Crippen molar-refractivity contribution < 1.29 is 9.47 Å². The number of fused-ring (bicyclic) bond motifs is 8. The van der Waals surface area contributed by atoms with Crippen molar-refractivity contribution in [1.29, 1.82) is 0 Å². The highest BCUT2D eigenvalue weighted by molar-refractivity contribution is 7.02. The molecule has 0 N–H and O–H groups in total. The first kappa shape index (κ1) is 40.6. The minimum Gasteiger partial charge on any atom is -0.458 e. The number of nitrogens with zero attached hydrogens (tertiary/aromatic N) is 2. The summed E-state index contributed by atoms with van der Waals surface area (Å²) in [6, 6.07) is 71.4. The molecule has 9 aromatic carbocycles. The van der Waals surface area contributed by atoms with Crippen LogP contribution in [-0.2, 0) is 10.8 Å². The molecule has 4 nitrogen and oxygen atoms in total. The lowest BCUT2D eigenvalue weighted by atomic mass is 9.31. The van der Waals surface area contributed by atoms with E-state index in [1.807, 2.05) is 0 Å². The van der Waals surface area contributed by atoms with E-state index >= 15 is 0 Å².